The number of hydrogen-bond acceptors (Lipinski definition) is 4. The van der Waals surface area contributed by atoms with Gasteiger partial charge in [0.05, 0.1) is 19.1 Å². The maximum atomic E-state index is 10.9. The van der Waals surface area contributed by atoms with E-state index in [-0.39, 0.29) is 18.6 Å². The van der Waals surface area contributed by atoms with Gasteiger partial charge in [0.1, 0.15) is 0 Å². The number of allylic oxidation sites excluding steroid dienone is 1. The number of aliphatic hydroxyl groups is 1. The van der Waals surface area contributed by atoms with Gasteiger partial charge in [-0.1, -0.05) is 19.1 Å². The van der Waals surface area contributed by atoms with Crippen LogP contribution in [0.1, 0.15) is 32.6 Å². The van der Waals surface area contributed by atoms with Crippen molar-refractivity contribution in [1.29, 1.82) is 0 Å². The number of aliphatic hydroxyl groups excluding tert-OH is 1. The first-order valence-electron chi connectivity index (χ1n) is 6.84. The van der Waals surface area contributed by atoms with Crippen LogP contribution in [-0.4, -0.2) is 41.8 Å². The van der Waals surface area contributed by atoms with Gasteiger partial charge >= 0.3 is 5.97 Å². The Morgan fingerprint density at radius 2 is 2.26 bits per heavy atom. The van der Waals surface area contributed by atoms with E-state index >= 15 is 0 Å². The zero-order valence-electron chi connectivity index (χ0n) is 11.2. The van der Waals surface area contributed by atoms with Gasteiger partial charge in [0.25, 0.3) is 0 Å². The van der Waals surface area contributed by atoms with Crippen molar-refractivity contribution in [1.82, 2.24) is 0 Å². The number of carboxylic acids is 1. The zero-order chi connectivity index (χ0) is 13.9. The van der Waals surface area contributed by atoms with E-state index < -0.39 is 17.5 Å². The van der Waals surface area contributed by atoms with E-state index in [4.69, 9.17) is 14.6 Å². The first kappa shape index (κ1) is 14.5. The molecule has 1 fully saturated rings. The van der Waals surface area contributed by atoms with Crippen LogP contribution >= 0.6 is 0 Å². The van der Waals surface area contributed by atoms with Crippen molar-refractivity contribution < 1.29 is 24.5 Å². The summed E-state index contributed by atoms with van der Waals surface area (Å²) in [5, 5.41) is 19.0. The summed E-state index contributed by atoms with van der Waals surface area (Å²) in [6.07, 6.45) is 5.58. The lowest BCUT2D eigenvalue weighted by molar-refractivity contribution is -0.188. The van der Waals surface area contributed by atoms with Crippen molar-refractivity contribution in [2.24, 2.45) is 11.3 Å². The van der Waals surface area contributed by atoms with Crippen LogP contribution < -0.4 is 0 Å². The minimum Gasteiger partial charge on any atom is -0.481 e. The Hall–Kier alpha value is -0.910. The quantitative estimate of drug-likeness (QED) is 0.741. The summed E-state index contributed by atoms with van der Waals surface area (Å²) in [6.45, 7) is 2.89. The summed E-state index contributed by atoms with van der Waals surface area (Å²) in [5.41, 5.74) is -0.584. The molecule has 1 heterocycles. The molecule has 19 heavy (non-hydrogen) atoms. The summed E-state index contributed by atoms with van der Waals surface area (Å²) in [7, 11) is 0. The molecule has 0 aromatic rings. The first-order chi connectivity index (χ1) is 9.02. The second-order valence-electron chi connectivity index (χ2n) is 5.65. The molecule has 4 atom stereocenters. The summed E-state index contributed by atoms with van der Waals surface area (Å²) in [6, 6.07) is 0. The molecule has 108 valence electrons. The highest BCUT2D eigenvalue weighted by atomic mass is 16.7. The van der Waals surface area contributed by atoms with E-state index in [0.29, 0.717) is 13.2 Å². The van der Waals surface area contributed by atoms with Crippen LogP contribution in [0.25, 0.3) is 0 Å². The predicted octanol–water partition coefficient (Wildman–Crippen LogP) is 1.56. The Morgan fingerprint density at radius 1 is 1.47 bits per heavy atom. The molecular weight excluding hydrogens is 248 g/mol. The topological polar surface area (TPSA) is 76.0 Å². The fourth-order valence-electron chi connectivity index (χ4n) is 2.70. The van der Waals surface area contributed by atoms with E-state index in [9.17, 15) is 9.90 Å². The van der Waals surface area contributed by atoms with Gasteiger partial charge in [0.15, 0.2) is 6.29 Å². The van der Waals surface area contributed by atoms with E-state index in [1.54, 1.807) is 12.2 Å². The largest absolute Gasteiger partial charge is 0.481 e. The van der Waals surface area contributed by atoms with Crippen LogP contribution in [0.3, 0.4) is 0 Å². The van der Waals surface area contributed by atoms with Crippen molar-refractivity contribution in [2.75, 3.05) is 13.2 Å². The van der Waals surface area contributed by atoms with Crippen LogP contribution in [0.2, 0.25) is 0 Å². The van der Waals surface area contributed by atoms with Crippen LogP contribution in [0.5, 0.6) is 0 Å². The molecule has 2 N–H and O–H groups in total. The number of carbonyl (C=O) groups is 1. The van der Waals surface area contributed by atoms with Gasteiger partial charge in [-0.15, -0.1) is 0 Å². The maximum absolute atomic E-state index is 10.9. The number of ether oxygens (including phenoxy) is 2. The summed E-state index contributed by atoms with van der Waals surface area (Å²) < 4.78 is 11.2. The van der Waals surface area contributed by atoms with Gasteiger partial charge in [0.2, 0.25) is 0 Å². The molecule has 1 aliphatic carbocycles. The Kier molecular flexibility index (Phi) is 4.60. The highest BCUT2D eigenvalue weighted by Crippen LogP contribution is 2.41. The molecule has 0 bridgehead atoms. The third-order valence-electron chi connectivity index (χ3n) is 4.16. The molecule has 2 rings (SSSR count). The Morgan fingerprint density at radius 3 is 2.89 bits per heavy atom. The number of rotatable bonds is 5. The van der Waals surface area contributed by atoms with Gasteiger partial charge in [-0.25, -0.2) is 0 Å². The zero-order valence-corrected chi connectivity index (χ0v) is 11.2. The molecule has 1 unspecified atom stereocenters. The van der Waals surface area contributed by atoms with Crippen LogP contribution in [0.4, 0.5) is 0 Å². The van der Waals surface area contributed by atoms with Gasteiger partial charge in [-0.05, 0) is 25.2 Å². The van der Waals surface area contributed by atoms with E-state index in [0.717, 1.165) is 19.3 Å². The van der Waals surface area contributed by atoms with Gasteiger partial charge in [-0.3, -0.25) is 4.79 Å². The molecule has 5 nitrogen and oxygen atoms in total. The van der Waals surface area contributed by atoms with Gasteiger partial charge < -0.3 is 19.7 Å². The van der Waals surface area contributed by atoms with Crippen molar-refractivity contribution in [3.8, 4) is 0 Å². The minimum atomic E-state index is -0.858. The van der Waals surface area contributed by atoms with E-state index in [1.165, 1.54) is 0 Å². The van der Waals surface area contributed by atoms with Gasteiger partial charge in [-0.2, -0.15) is 0 Å². The molecule has 0 amide bonds. The smallest absolute Gasteiger partial charge is 0.303 e. The lowest BCUT2D eigenvalue weighted by atomic mass is 9.76. The van der Waals surface area contributed by atoms with E-state index in [2.05, 4.69) is 0 Å². The average molecular weight is 270 g/mol. The molecule has 5 heteroatoms. The monoisotopic (exact) mass is 270 g/mol. The maximum Gasteiger partial charge on any atom is 0.303 e. The molecular formula is C14H22O5. The second-order valence-corrected chi connectivity index (χ2v) is 5.65. The molecule has 0 saturated carbocycles. The lowest BCUT2D eigenvalue weighted by Gasteiger charge is -2.35. The summed E-state index contributed by atoms with van der Waals surface area (Å²) in [4.78, 5) is 10.9. The second kappa shape index (κ2) is 6.03. The first-order valence-corrected chi connectivity index (χ1v) is 6.84. The van der Waals surface area contributed by atoms with E-state index in [1.807, 2.05) is 6.92 Å². The Balaban J connectivity index is 1.92. The Labute approximate surface area is 113 Å². The van der Waals surface area contributed by atoms with Gasteiger partial charge in [0, 0.05) is 12.0 Å². The fourth-order valence-corrected chi connectivity index (χ4v) is 2.70. The molecule has 0 aromatic carbocycles. The normalized spacial score (nSPS) is 38.5. The van der Waals surface area contributed by atoms with Crippen molar-refractivity contribution in [3.05, 3.63) is 12.2 Å². The molecule has 1 aliphatic heterocycles. The predicted molar refractivity (Wildman–Crippen MR) is 68.5 cm³/mol. The third-order valence-corrected chi connectivity index (χ3v) is 4.16. The molecule has 2 aliphatic rings. The minimum absolute atomic E-state index is 0.0128. The summed E-state index contributed by atoms with van der Waals surface area (Å²) in [5.74, 6) is -1.06. The van der Waals surface area contributed by atoms with Crippen molar-refractivity contribution >= 4 is 5.97 Å². The number of hydrogen-bond donors (Lipinski definition) is 2. The highest BCUT2D eigenvalue weighted by Gasteiger charge is 2.44. The number of carboxylic acid groups (broad SMARTS) is 1. The lowest BCUT2D eigenvalue weighted by Crippen LogP contribution is -2.40. The Bertz CT molecular complexity index is 348. The standard InChI is InChI=1S/C14H22O5/c1-14(9-19-13-4-2-3-7-18-13)10(8-12(16)17)5-6-11(14)15/h5-6,10-11,13,15H,2-4,7-9H2,1H3,(H,16,17)/t10-,11-,13?,14-/m1/s1. The SMILES string of the molecule is C[C@]1(COC2CCCCO2)[C@H](O)C=C[C@@H]1CC(=O)O. The molecule has 0 radical (unpaired) electrons. The molecule has 0 spiro atoms. The van der Waals surface area contributed by atoms with Crippen molar-refractivity contribution in [3.63, 3.8) is 0 Å². The van der Waals surface area contributed by atoms with Crippen molar-refractivity contribution in [2.45, 2.75) is 45.0 Å². The summed E-state index contributed by atoms with van der Waals surface area (Å²) >= 11 is 0. The molecule has 1 saturated heterocycles. The van der Waals surface area contributed by atoms with Crippen LogP contribution in [-0.2, 0) is 14.3 Å². The van der Waals surface area contributed by atoms with Crippen LogP contribution in [0, 0.1) is 11.3 Å². The average Bonchev–Trinajstić information content (AvgIpc) is 2.66. The third kappa shape index (κ3) is 3.35. The highest BCUT2D eigenvalue weighted by molar-refractivity contribution is 5.67. The number of aliphatic carboxylic acids is 1. The van der Waals surface area contributed by atoms with Crippen LogP contribution in [0.15, 0.2) is 12.2 Å². The fraction of sp³-hybridized carbons (Fsp3) is 0.786. The molecule has 0 aromatic heterocycles.